The van der Waals surface area contributed by atoms with Crippen LogP contribution in [0.4, 0.5) is 0 Å². The van der Waals surface area contributed by atoms with Crippen molar-refractivity contribution in [1.29, 1.82) is 0 Å². The molecule has 0 aliphatic carbocycles. The summed E-state index contributed by atoms with van der Waals surface area (Å²) in [5, 5.41) is 5.22. The summed E-state index contributed by atoms with van der Waals surface area (Å²) in [5.41, 5.74) is 0.793. The Balaban J connectivity index is 2.07. The minimum absolute atomic E-state index is 0.144. The van der Waals surface area contributed by atoms with E-state index in [0.717, 1.165) is 29.0 Å². The van der Waals surface area contributed by atoms with Crippen LogP contribution in [0.1, 0.15) is 17.3 Å². The highest BCUT2D eigenvalue weighted by Gasteiger charge is 2.21. The van der Waals surface area contributed by atoms with Gasteiger partial charge >= 0.3 is 0 Å². The molecule has 1 aliphatic rings. The number of thiophene rings is 1. The number of hydrogen-bond acceptors (Lipinski definition) is 3. The molecular weight excluding hydrogens is 276 g/mol. The molecule has 2 rings (SSSR count). The molecule has 1 atom stereocenters. The van der Waals surface area contributed by atoms with Crippen molar-refractivity contribution in [2.24, 2.45) is 0 Å². The van der Waals surface area contributed by atoms with Crippen molar-refractivity contribution < 1.29 is 4.79 Å². The number of amides is 1. The lowest BCUT2D eigenvalue weighted by molar-refractivity contribution is 0.0709. The number of piperazine rings is 1. The monoisotopic (exact) mass is 288 g/mol. The highest BCUT2D eigenvalue weighted by atomic mass is 79.9. The quantitative estimate of drug-likeness (QED) is 0.857. The summed E-state index contributed by atoms with van der Waals surface area (Å²) in [6.07, 6.45) is 0. The zero-order valence-electron chi connectivity index (χ0n) is 8.50. The van der Waals surface area contributed by atoms with Gasteiger partial charge in [-0.3, -0.25) is 4.79 Å². The van der Waals surface area contributed by atoms with E-state index < -0.39 is 0 Å². The van der Waals surface area contributed by atoms with E-state index in [0.29, 0.717) is 6.04 Å². The number of rotatable bonds is 1. The van der Waals surface area contributed by atoms with Gasteiger partial charge in [-0.05, 0) is 28.9 Å². The fraction of sp³-hybridized carbons (Fsp3) is 0.500. The van der Waals surface area contributed by atoms with Crippen LogP contribution < -0.4 is 5.32 Å². The Morgan fingerprint density at radius 1 is 1.73 bits per heavy atom. The van der Waals surface area contributed by atoms with E-state index >= 15 is 0 Å². The van der Waals surface area contributed by atoms with Crippen molar-refractivity contribution in [3.63, 3.8) is 0 Å². The van der Waals surface area contributed by atoms with Crippen molar-refractivity contribution in [3.8, 4) is 0 Å². The Hall–Kier alpha value is -0.390. The van der Waals surface area contributed by atoms with Crippen LogP contribution in [0.25, 0.3) is 0 Å². The third kappa shape index (κ3) is 2.59. The van der Waals surface area contributed by atoms with Gasteiger partial charge in [0.2, 0.25) is 0 Å². The first kappa shape index (κ1) is 11.1. The van der Waals surface area contributed by atoms with Gasteiger partial charge in [-0.15, -0.1) is 11.3 Å². The van der Waals surface area contributed by atoms with Gasteiger partial charge in [-0.25, -0.2) is 0 Å². The Bertz CT molecular complexity index is 366. The summed E-state index contributed by atoms with van der Waals surface area (Å²) in [7, 11) is 0. The molecule has 1 fully saturated rings. The van der Waals surface area contributed by atoms with Crippen LogP contribution in [-0.4, -0.2) is 36.5 Å². The molecule has 0 radical (unpaired) electrons. The fourth-order valence-electron chi connectivity index (χ4n) is 1.72. The van der Waals surface area contributed by atoms with Gasteiger partial charge in [-0.1, -0.05) is 0 Å². The van der Waals surface area contributed by atoms with Crippen LogP contribution >= 0.6 is 27.3 Å². The number of halogens is 1. The molecule has 5 heteroatoms. The number of carbonyl (C=O) groups is 1. The van der Waals surface area contributed by atoms with Gasteiger partial charge in [0.25, 0.3) is 5.91 Å². The highest BCUT2D eigenvalue weighted by molar-refractivity contribution is 9.11. The smallest absolute Gasteiger partial charge is 0.254 e. The van der Waals surface area contributed by atoms with Crippen molar-refractivity contribution in [3.05, 3.63) is 20.8 Å². The largest absolute Gasteiger partial charge is 0.336 e. The van der Waals surface area contributed by atoms with Gasteiger partial charge in [-0.2, -0.15) is 0 Å². The highest BCUT2D eigenvalue weighted by Crippen LogP contribution is 2.22. The molecule has 0 bridgehead atoms. The molecule has 1 N–H and O–H groups in total. The zero-order valence-corrected chi connectivity index (χ0v) is 10.9. The minimum atomic E-state index is 0.144. The van der Waals surface area contributed by atoms with E-state index in [1.165, 1.54) is 0 Å². The summed E-state index contributed by atoms with van der Waals surface area (Å²) in [6.45, 7) is 4.59. The lowest BCUT2D eigenvalue weighted by Gasteiger charge is -2.31. The van der Waals surface area contributed by atoms with Gasteiger partial charge in [0.1, 0.15) is 0 Å². The maximum absolute atomic E-state index is 12.0. The molecule has 1 aromatic heterocycles. The maximum atomic E-state index is 12.0. The van der Waals surface area contributed by atoms with Crippen molar-refractivity contribution in [2.45, 2.75) is 13.0 Å². The average Bonchev–Trinajstić information content (AvgIpc) is 2.64. The van der Waals surface area contributed by atoms with Crippen LogP contribution in [0.2, 0.25) is 0 Å². The Morgan fingerprint density at radius 2 is 2.53 bits per heavy atom. The van der Waals surface area contributed by atoms with Crippen LogP contribution in [-0.2, 0) is 0 Å². The van der Waals surface area contributed by atoms with Crippen LogP contribution in [0.5, 0.6) is 0 Å². The second kappa shape index (κ2) is 4.63. The lowest BCUT2D eigenvalue weighted by Crippen LogP contribution is -2.51. The standard InChI is InChI=1S/C10H13BrN2OS/c1-7-5-13(3-2-12-7)10(14)8-4-9(11)15-6-8/h4,6-7,12H,2-3,5H2,1H3. The summed E-state index contributed by atoms with van der Waals surface area (Å²) < 4.78 is 1.01. The fourth-order valence-corrected chi connectivity index (χ4v) is 2.85. The van der Waals surface area contributed by atoms with Crippen molar-refractivity contribution in [1.82, 2.24) is 10.2 Å². The Labute approximate surface area is 102 Å². The Kier molecular flexibility index (Phi) is 3.43. The molecule has 1 amide bonds. The summed E-state index contributed by atoms with van der Waals surface area (Å²) in [5.74, 6) is 0.144. The SMILES string of the molecule is CC1CN(C(=O)c2csc(Br)c2)CCN1. The number of nitrogens with zero attached hydrogens (tertiary/aromatic N) is 1. The van der Waals surface area contributed by atoms with E-state index in [2.05, 4.69) is 28.2 Å². The van der Waals surface area contributed by atoms with Crippen LogP contribution in [0.3, 0.4) is 0 Å². The maximum Gasteiger partial charge on any atom is 0.254 e. The van der Waals surface area contributed by atoms with Gasteiger partial charge in [0.05, 0.1) is 9.35 Å². The molecule has 1 aliphatic heterocycles. The second-order valence-electron chi connectivity index (χ2n) is 3.75. The van der Waals surface area contributed by atoms with E-state index in [9.17, 15) is 4.79 Å². The molecule has 0 saturated carbocycles. The van der Waals surface area contributed by atoms with E-state index in [1.807, 2.05) is 16.3 Å². The first-order chi connectivity index (χ1) is 7.16. The summed E-state index contributed by atoms with van der Waals surface area (Å²) in [6, 6.07) is 2.28. The predicted octanol–water partition coefficient (Wildman–Crippen LogP) is 1.94. The minimum Gasteiger partial charge on any atom is -0.336 e. The van der Waals surface area contributed by atoms with E-state index in [4.69, 9.17) is 0 Å². The first-order valence-electron chi connectivity index (χ1n) is 4.93. The molecule has 1 unspecified atom stereocenters. The van der Waals surface area contributed by atoms with Gasteiger partial charge in [0, 0.05) is 31.1 Å². The number of nitrogens with one attached hydrogen (secondary N) is 1. The average molecular weight is 289 g/mol. The molecular formula is C10H13BrN2OS. The third-order valence-electron chi connectivity index (χ3n) is 2.47. The predicted molar refractivity (Wildman–Crippen MR) is 65.4 cm³/mol. The molecule has 0 spiro atoms. The van der Waals surface area contributed by atoms with Gasteiger partial charge in [0.15, 0.2) is 0 Å². The van der Waals surface area contributed by atoms with Crippen LogP contribution in [0, 0.1) is 0 Å². The molecule has 1 aromatic rings. The van der Waals surface area contributed by atoms with E-state index in [1.54, 1.807) is 11.3 Å². The number of carbonyl (C=O) groups excluding carboxylic acids is 1. The summed E-state index contributed by atoms with van der Waals surface area (Å²) in [4.78, 5) is 14.0. The van der Waals surface area contributed by atoms with Crippen LogP contribution in [0.15, 0.2) is 15.2 Å². The molecule has 2 heterocycles. The molecule has 0 aromatic carbocycles. The molecule has 82 valence electrons. The summed E-state index contributed by atoms with van der Waals surface area (Å²) >= 11 is 4.92. The lowest BCUT2D eigenvalue weighted by atomic mass is 10.2. The third-order valence-corrected chi connectivity index (χ3v) is 3.97. The number of hydrogen-bond donors (Lipinski definition) is 1. The first-order valence-corrected chi connectivity index (χ1v) is 6.61. The molecule has 3 nitrogen and oxygen atoms in total. The molecule has 15 heavy (non-hydrogen) atoms. The second-order valence-corrected chi connectivity index (χ2v) is 6.04. The normalized spacial score (nSPS) is 21.7. The Morgan fingerprint density at radius 3 is 3.13 bits per heavy atom. The van der Waals surface area contributed by atoms with Gasteiger partial charge < -0.3 is 10.2 Å². The van der Waals surface area contributed by atoms with E-state index in [-0.39, 0.29) is 5.91 Å². The topological polar surface area (TPSA) is 32.3 Å². The van der Waals surface area contributed by atoms with Crippen molar-refractivity contribution >= 4 is 33.2 Å². The zero-order chi connectivity index (χ0) is 10.8. The van der Waals surface area contributed by atoms with Crippen molar-refractivity contribution in [2.75, 3.05) is 19.6 Å². The molecule has 1 saturated heterocycles.